The quantitative estimate of drug-likeness (QED) is 0.624. The Labute approximate surface area is 89.6 Å². The fourth-order valence-corrected chi connectivity index (χ4v) is 2.73. The summed E-state index contributed by atoms with van der Waals surface area (Å²) >= 11 is 0. The summed E-state index contributed by atoms with van der Waals surface area (Å²) in [6, 6.07) is 0. The Hall–Kier alpha value is 0.0700. The Morgan fingerprint density at radius 1 is 1.47 bits per heavy atom. The molecule has 0 spiro atoms. The van der Waals surface area contributed by atoms with E-state index in [-0.39, 0.29) is 30.7 Å². The molecule has 0 aliphatic carbocycles. The topological polar surface area (TPSA) is 87.0 Å². The molecule has 6 heteroatoms. The molecule has 0 aromatic carbocycles. The molecule has 1 heterocycles. The third-order valence-electron chi connectivity index (χ3n) is 2.83. The highest BCUT2D eigenvalue weighted by molar-refractivity contribution is 7.51. The van der Waals surface area contributed by atoms with Gasteiger partial charge in [-0.15, -0.1) is 0 Å². The van der Waals surface area contributed by atoms with Gasteiger partial charge in [0.2, 0.25) is 0 Å². The number of hydrogen-bond acceptors (Lipinski definition) is 3. The molecule has 0 aromatic heterocycles. The van der Waals surface area contributed by atoms with Gasteiger partial charge in [-0.05, 0) is 12.3 Å². The zero-order valence-corrected chi connectivity index (χ0v) is 9.93. The van der Waals surface area contributed by atoms with Crippen molar-refractivity contribution in [1.29, 1.82) is 0 Å². The molecule has 1 aliphatic rings. The maximum absolute atomic E-state index is 10.7. The van der Waals surface area contributed by atoms with Crippen LogP contribution in [0.4, 0.5) is 0 Å². The summed E-state index contributed by atoms with van der Waals surface area (Å²) in [5, 5.41) is 9.64. The van der Waals surface area contributed by atoms with Crippen LogP contribution in [-0.4, -0.2) is 39.9 Å². The summed E-state index contributed by atoms with van der Waals surface area (Å²) in [5.74, 6) is 0.237. The lowest BCUT2D eigenvalue weighted by Crippen LogP contribution is -2.29. The van der Waals surface area contributed by atoms with Crippen LogP contribution in [0, 0.1) is 11.8 Å². The second-order valence-corrected chi connectivity index (χ2v) is 6.21. The second-order valence-electron chi connectivity index (χ2n) is 4.44. The molecule has 1 fully saturated rings. The molecule has 15 heavy (non-hydrogen) atoms. The van der Waals surface area contributed by atoms with Crippen LogP contribution in [0.3, 0.4) is 0 Å². The van der Waals surface area contributed by atoms with E-state index >= 15 is 0 Å². The molecule has 0 amide bonds. The van der Waals surface area contributed by atoms with Gasteiger partial charge in [0.25, 0.3) is 0 Å². The average molecular weight is 238 g/mol. The van der Waals surface area contributed by atoms with Crippen LogP contribution >= 0.6 is 7.60 Å². The lowest BCUT2D eigenvalue weighted by Gasteiger charge is -2.23. The predicted octanol–water partition coefficient (Wildman–Crippen LogP) is 0.586. The molecule has 0 saturated carbocycles. The van der Waals surface area contributed by atoms with Crippen molar-refractivity contribution in [3.63, 3.8) is 0 Å². The standard InChI is InChI=1S/C9H19O5P/c1-6(2)9-7(10)5-14-8(9)3-4-15(11,12)13/h6-10H,3-5H2,1-2H3,(H2,11,12,13)/t7-,8-,9?/m1/s1. The van der Waals surface area contributed by atoms with Crippen LogP contribution in [0.2, 0.25) is 0 Å². The Morgan fingerprint density at radius 3 is 2.53 bits per heavy atom. The van der Waals surface area contributed by atoms with Crippen LogP contribution < -0.4 is 0 Å². The summed E-state index contributed by atoms with van der Waals surface area (Å²) in [6.45, 7) is 4.23. The van der Waals surface area contributed by atoms with E-state index in [0.717, 1.165) is 0 Å². The van der Waals surface area contributed by atoms with Crippen molar-refractivity contribution in [3.05, 3.63) is 0 Å². The van der Waals surface area contributed by atoms with Crippen molar-refractivity contribution in [1.82, 2.24) is 0 Å². The van der Waals surface area contributed by atoms with E-state index in [1.54, 1.807) is 0 Å². The average Bonchev–Trinajstić information content (AvgIpc) is 2.42. The molecule has 0 radical (unpaired) electrons. The Balaban J connectivity index is 2.51. The monoisotopic (exact) mass is 238 g/mol. The van der Waals surface area contributed by atoms with Crippen molar-refractivity contribution in [2.75, 3.05) is 12.8 Å². The van der Waals surface area contributed by atoms with Crippen LogP contribution in [-0.2, 0) is 9.30 Å². The lowest BCUT2D eigenvalue weighted by atomic mass is 9.86. The normalized spacial score (nSPS) is 32.5. The highest BCUT2D eigenvalue weighted by atomic mass is 31.2. The first-order chi connectivity index (χ1) is 6.81. The van der Waals surface area contributed by atoms with Crippen molar-refractivity contribution in [2.45, 2.75) is 32.5 Å². The smallest absolute Gasteiger partial charge is 0.325 e. The molecule has 0 bridgehead atoms. The Morgan fingerprint density at radius 2 is 2.07 bits per heavy atom. The number of hydrogen-bond donors (Lipinski definition) is 3. The third kappa shape index (κ3) is 3.85. The zero-order chi connectivity index (χ0) is 11.6. The van der Waals surface area contributed by atoms with E-state index in [0.29, 0.717) is 6.42 Å². The van der Waals surface area contributed by atoms with E-state index in [1.165, 1.54) is 0 Å². The molecule has 3 atom stereocenters. The zero-order valence-electron chi connectivity index (χ0n) is 9.04. The first kappa shape index (κ1) is 13.1. The summed E-state index contributed by atoms with van der Waals surface area (Å²) in [5.41, 5.74) is 0. The molecular formula is C9H19O5P. The van der Waals surface area contributed by atoms with Gasteiger partial charge in [-0.3, -0.25) is 4.57 Å². The van der Waals surface area contributed by atoms with E-state index in [4.69, 9.17) is 14.5 Å². The van der Waals surface area contributed by atoms with Crippen molar-refractivity contribution in [3.8, 4) is 0 Å². The molecule has 90 valence electrons. The maximum atomic E-state index is 10.7. The van der Waals surface area contributed by atoms with Gasteiger partial charge in [-0.2, -0.15) is 0 Å². The first-order valence-corrected chi connectivity index (χ1v) is 6.95. The molecule has 1 aliphatic heterocycles. The molecule has 0 aromatic rings. The van der Waals surface area contributed by atoms with Gasteiger partial charge in [-0.1, -0.05) is 13.8 Å². The molecule has 1 saturated heterocycles. The molecule has 3 N–H and O–H groups in total. The lowest BCUT2D eigenvalue weighted by molar-refractivity contribution is 0.0760. The summed E-state index contributed by atoms with van der Waals surface area (Å²) in [6.07, 6.45) is -0.600. The first-order valence-electron chi connectivity index (χ1n) is 5.15. The minimum atomic E-state index is -3.96. The van der Waals surface area contributed by atoms with Crippen LogP contribution in [0.1, 0.15) is 20.3 Å². The molecule has 1 unspecified atom stereocenters. The maximum Gasteiger partial charge on any atom is 0.325 e. The number of aliphatic hydroxyl groups is 1. The largest absolute Gasteiger partial charge is 0.390 e. The van der Waals surface area contributed by atoms with E-state index in [1.807, 2.05) is 13.8 Å². The Bertz CT molecular complexity index is 249. The minimum absolute atomic E-state index is 0.0171. The van der Waals surface area contributed by atoms with E-state index in [2.05, 4.69) is 0 Å². The minimum Gasteiger partial charge on any atom is -0.390 e. The van der Waals surface area contributed by atoms with Gasteiger partial charge < -0.3 is 19.6 Å². The fraction of sp³-hybridized carbons (Fsp3) is 1.00. The van der Waals surface area contributed by atoms with Crippen molar-refractivity contribution in [2.24, 2.45) is 11.8 Å². The van der Waals surface area contributed by atoms with Gasteiger partial charge in [0.1, 0.15) is 0 Å². The van der Waals surface area contributed by atoms with Crippen molar-refractivity contribution < 1.29 is 24.2 Å². The highest BCUT2D eigenvalue weighted by Gasteiger charge is 2.38. The second kappa shape index (κ2) is 4.93. The number of rotatable bonds is 4. The van der Waals surface area contributed by atoms with Crippen molar-refractivity contribution >= 4 is 7.60 Å². The molecule has 5 nitrogen and oxygen atoms in total. The number of ether oxygens (including phenoxy) is 1. The van der Waals surface area contributed by atoms with Crippen LogP contribution in [0.5, 0.6) is 0 Å². The molecule has 1 rings (SSSR count). The Kier molecular flexibility index (Phi) is 4.32. The van der Waals surface area contributed by atoms with Gasteiger partial charge >= 0.3 is 7.60 Å². The van der Waals surface area contributed by atoms with Gasteiger partial charge in [0.15, 0.2) is 0 Å². The third-order valence-corrected chi connectivity index (χ3v) is 3.67. The predicted molar refractivity (Wildman–Crippen MR) is 55.6 cm³/mol. The van der Waals surface area contributed by atoms with Gasteiger partial charge in [0.05, 0.1) is 25.0 Å². The summed E-state index contributed by atoms with van der Waals surface area (Å²) in [7, 11) is -3.96. The number of aliphatic hydroxyl groups excluding tert-OH is 1. The van der Waals surface area contributed by atoms with E-state index in [9.17, 15) is 9.67 Å². The van der Waals surface area contributed by atoms with Gasteiger partial charge in [0, 0.05) is 5.92 Å². The molecular weight excluding hydrogens is 219 g/mol. The summed E-state index contributed by atoms with van der Waals surface area (Å²) in [4.78, 5) is 17.5. The van der Waals surface area contributed by atoms with E-state index < -0.39 is 13.7 Å². The van der Waals surface area contributed by atoms with Crippen LogP contribution in [0.15, 0.2) is 0 Å². The summed E-state index contributed by atoms with van der Waals surface area (Å²) < 4.78 is 16.1. The van der Waals surface area contributed by atoms with Gasteiger partial charge in [-0.25, -0.2) is 0 Å². The highest BCUT2D eigenvalue weighted by Crippen LogP contribution is 2.39. The fourth-order valence-electron chi connectivity index (χ4n) is 2.14. The van der Waals surface area contributed by atoms with Crippen LogP contribution in [0.25, 0.3) is 0 Å². The SMILES string of the molecule is CC(C)C1[C@H](O)CO[C@@H]1CCP(=O)(O)O.